The van der Waals surface area contributed by atoms with Crippen molar-refractivity contribution in [2.45, 2.75) is 41.0 Å². The third kappa shape index (κ3) is 4.40. The maximum atomic E-state index is 13.5. The lowest BCUT2D eigenvalue weighted by Gasteiger charge is -2.19. The van der Waals surface area contributed by atoms with Gasteiger partial charge in [0.25, 0.3) is 11.8 Å². The number of amides is 4. The Balaban J connectivity index is 1.17. The number of nitrogens with zero attached hydrogens (tertiary/aromatic N) is 6. The van der Waals surface area contributed by atoms with Crippen molar-refractivity contribution in [3.63, 3.8) is 0 Å². The summed E-state index contributed by atoms with van der Waals surface area (Å²) in [7, 11) is 0. The number of hydrogen-bond acceptors (Lipinski definition) is 6. The van der Waals surface area contributed by atoms with E-state index in [1.165, 1.54) is 9.80 Å². The van der Waals surface area contributed by atoms with Crippen molar-refractivity contribution in [3.8, 4) is 22.8 Å². The summed E-state index contributed by atoms with van der Waals surface area (Å²) in [6, 6.07) is 26.6. The fourth-order valence-corrected chi connectivity index (χ4v) is 6.78. The second-order valence-electron chi connectivity index (χ2n) is 12.8. The lowest BCUT2D eigenvalue weighted by Crippen LogP contribution is -2.33. The van der Waals surface area contributed by atoms with E-state index < -0.39 is 0 Å². The Morgan fingerprint density at radius 2 is 0.958 bits per heavy atom. The summed E-state index contributed by atoms with van der Waals surface area (Å²) in [4.78, 5) is 65.5. The largest absolute Gasteiger partial charge is 0.305 e. The molecule has 2 aromatic heterocycles. The molecule has 238 valence electrons. The molecule has 2 aliphatic rings. The first-order chi connectivity index (χ1) is 23.1. The van der Waals surface area contributed by atoms with Crippen LogP contribution in [0.15, 0.2) is 84.9 Å². The zero-order valence-corrected chi connectivity index (χ0v) is 27.0. The first kappa shape index (κ1) is 29.5. The van der Waals surface area contributed by atoms with Gasteiger partial charge in [0, 0.05) is 23.0 Å². The number of para-hydroxylation sites is 4. The molecular weight excluding hydrogens is 604 g/mol. The number of carbonyl (C=O) groups excluding carboxylic acids is 4. The molecule has 1 saturated heterocycles. The number of imide groups is 2. The van der Waals surface area contributed by atoms with Crippen LogP contribution in [-0.2, 0) is 22.9 Å². The van der Waals surface area contributed by atoms with E-state index in [1.54, 1.807) is 26.0 Å². The molecule has 0 bridgehead atoms. The van der Waals surface area contributed by atoms with E-state index in [9.17, 15) is 19.2 Å². The van der Waals surface area contributed by atoms with Crippen molar-refractivity contribution in [2.75, 3.05) is 0 Å². The predicted octanol–water partition coefficient (Wildman–Crippen LogP) is 6.19. The summed E-state index contributed by atoms with van der Waals surface area (Å²) < 4.78 is 3.81. The second kappa shape index (κ2) is 10.8. The molecule has 4 amide bonds. The zero-order valence-electron chi connectivity index (χ0n) is 27.0. The molecule has 0 N–H and O–H groups in total. The molecule has 10 nitrogen and oxygen atoms in total. The Kier molecular flexibility index (Phi) is 6.66. The van der Waals surface area contributed by atoms with Crippen LogP contribution in [0.5, 0.6) is 0 Å². The van der Waals surface area contributed by atoms with Crippen LogP contribution in [0.1, 0.15) is 45.7 Å². The summed E-state index contributed by atoms with van der Waals surface area (Å²) in [5, 5.41) is 0. The standard InChI is InChI=1S/C38H32N6O4/c1-21-17-27-28(18-22(21)2)38(48)44(37(27)47)20-42-32-12-8-6-10-30(32)40-34(42)26-15-13-25(14-16-26)33-39-29-9-5-7-11-31(29)41(33)19-43-35(45)23(3)24(4)36(43)46/h5-18,23-24H,19-20H2,1-4H3. The number of aryl methyl sites for hydroxylation is 2. The van der Waals surface area contributed by atoms with Crippen LogP contribution in [0.2, 0.25) is 0 Å². The molecule has 0 spiro atoms. The highest BCUT2D eigenvalue weighted by Crippen LogP contribution is 2.33. The summed E-state index contributed by atoms with van der Waals surface area (Å²) in [5.41, 5.74) is 7.45. The number of carbonyl (C=O) groups is 4. The van der Waals surface area contributed by atoms with Crippen LogP contribution in [0, 0.1) is 25.7 Å². The Morgan fingerprint density at radius 1 is 0.562 bits per heavy atom. The van der Waals surface area contributed by atoms with Gasteiger partial charge in [0.2, 0.25) is 11.8 Å². The van der Waals surface area contributed by atoms with E-state index in [2.05, 4.69) is 0 Å². The molecule has 6 aromatic rings. The lowest BCUT2D eigenvalue weighted by molar-refractivity contribution is -0.141. The van der Waals surface area contributed by atoms with Gasteiger partial charge < -0.3 is 9.13 Å². The molecule has 0 aliphatic carbocycles. The lowest BCUT2D eigenvalue weighted by atomic mass is 10.00. The molecule has 10 heteroatoms. The molecule has 4 aromatic carbocycles. The molecule has 0 saturated carbocycles. The topological polar surface area (TPSA) is 110 Å². The molecule has 2 unspecified atom stereocenters. The molecule has 4 heterocycles. The van der Waals surface area contributed by atoms with Gasteiger partial charge in [-0.25, -0.2) is 9.97 Å². The highest BCUT2D eigenvalue weighted by Gasteiger charge is 2.42. The van der Waals surface area contributed by atoms with E-state index >= 15 is 0 Å². The zero-order chi connectivity index (χ0) is 33.4. The summed E-state index contributed by atoms with van der Waals surface area (Å²) in [6.07, 6.45) is 0. The van der Waals surface area contributed by atoms with Crippen molar-refractivity contribution < 1.29 is 19.2 Å². The number of hydrogen-bond donors (Lipinski definition) is 0. The van der Waals surface area contributed by atoms with Crippen LogP contribution < -0.4 is 0 Å². The summed E-state index contributed by atoms with van der Waals surface area (Å²) >= 11 is 0. The minimum Gasteiger partial charge on any atom is -0.305 e. The molecule has 8 rings (SSSR count). The fraction of sp³-hybridized carbons (Fsp3) is 0.211. The third-order valence-electron chi connectivity index (χ3n) is 9.92. The van der Waals surface area contributed by atoms with Gasteiger partial charge in [-0.1, -0.05) is 62.4 Å². The second-order valence-corrected chi connectivity index (χ2v) is 12.8. The van der Waals surface area contributed by atoms with Gasteiger partial charge in [-0.15, -0.1) is 0 Å². The van der Waals surface area contributed by atoms with Crippen LogP contribution >= 0.6 is 0 Å². The minimum atomic E-state index is -0.372. The highest BCUT2D eigenvalue weighted by molar-refractivity contribution is 6.21. The highest BCUT2D eigenvalue weighted by atomic mass is 16.2. The van der Waals surface area contributed by atoms with Gasteiger partial charge >= 0.3 is 0 Å². The average Bonchev–Trinajstić information content (AvgIpc) is 3.77. The quantitative estimate of drug-likeness (QED) is 0.202. The molecular formula is C38H32N6O4. The van der Waals surface area contributed by atoms with Crippen molar-refractivity contribution >= 4 is 45.7 Å². The van der Waals surface area contributed by atoms with Crippen molar-refractivity contribution in [3.05, 3.63) is 107 Å². The van der Waals surface area contributed by atoms with Crippen molar-refractivity contribution in [1.82, 2.24) is 28.9 Å². The van der Waals surface area contributed by atoms with Gasteiger partial charge in [-0.2, -0.15) is 0 Å². The molecule has 2 aliphatic heterocycles. The van der Waals surface area contributed by atoms with Gasteiger partial charge in [0.05, 0.1) is 33.2 Å². The number of likely N-dealkylation sites (tertiary alicyclic amines) is 1. The fourth-order valence-electron chi connectivity index (χ4n) is 6.78. The smallest absolute Gasteiger partial charge is 0.263 e. The van der Waals surface area contributed by atoms with E-state index in [1.807, 2.05) is 95.8 Å². The number of imidazole rings is 2. The number of aromatic nitrogens is 4. The van der Waals surface area contributed by atoms with E-state index in [0.29, 0.717) is 22.8 Å². The first-order valence-electron chi connectivity index (χ1n) is 16.0. The normalized spacial score (nSPS) is 17.8. The minimum absolute atomic E-state index is 0.00652. The van der Waals surface area contributed by atoms with Gasteiger partial charge in [0.15, 0.2) is 0 Å². The Labute approximate surface area is 276 Å². The molecule has 1 fully saturated rings. The van der Waals surface area contributed by atoms with Crippen LogP contribution in [0.3, 0.4) is 0 Å². The van der Waals surface area contributed by atoms with Crippen molar-refractivity contribution in [1.29, 1.82) is 0 Å². The van der Waals surface area contributed by atoms with Crippen LogP contribution in [0.4, 0.5) is 0 Å². The van der Waals surface area contributed by atoms with Crippen LogP contribution in [-0.4, -0.2) is 52.5 Å². The van der Waals surface area contributed by atoms with Crippen molar-refractivity contribution in [2.24, 2.45) is 11.8 Å². The summed E-state index contributed by atoms with van der Waals surface area (Å²) in [6.45, 7) is 7.52. The molecule has 2 atom stereocenters. The number of fused-ring (bicyclic) bond motifs is 3. The van der Waals surface area contributed by atoms with Gasteiger partial charge in [0.1, 0.15) is 25.0 Å². The Morgan fingerprint density at radius 3 is 1.40 bits per heavy atom. The monoisotopic (exact) mass is 636 g/mol. The molecule has 48 heavy (non-hydrogen) atoms. The van der Waals surface area contributed by atoms with Gasteiger partial charge in [-0.3, -0.25) is 29.0 Å². The van der Waals surface area contributed by atoms with Crippen LogP contribution in [0.25, 0.3) is 44.8 Å². The maximum Gasteiger partial charge on any atom is 0.263 e. The maximum absolute atomic E-state index is 13.5. The summed E-state index contributed by atoms with van der Waals surface area (Å²) in [5.74, 6) is -0.532. The third-order valence-corrected chi connectivity index (χ3v) is 9.92. The Bertz CT molecular complexity index is 2290. The molecule has 0 radical (unpaired) electrons. The predicted molar refractivity (Wildman–Crippen MR) is 180 cm³/mol. The number of rotatable bonds is 6. The average molecular weight is 637 g/mol. The van der Waals surface area contributed by atoms with E-state index in [0.717, 1.165) is 44.3 Å². The first-order valence-corrected chi connectivity index (χ1v) is 16.0. The van der Waals surface area contributed by atoms with Gasteiger partial charge in [-0.05, 0) is 61.4 Å². The van der Waals surface area contributed by atoms with E-state index in [4.69, 9.17) is 9.97 Å². The Hall–Kier alpha value is -5.90. The number of benzene rings is 4. The van der Waals surface area contributed by atoms with E-state index in [-0.39, 0.29) is 48.8 Å². The SMILES string of the molecule is Cc1cc2c(cc1C)C(=O)N(Cn1c(-c3ccc(-c4nc5ccccc5n4CN4C(=O)C(C)C(C)C4=O)cc3)nc3ccccc31)C2=O.